The average Bonchev–Trinajstić information content (AvgIpc) is 2.47. The number of para-hydroxylation sites is 1. The zero-order valence-corrected chi connectivity index (χ0v) is 12.3. The molecule has 8 nitrogen and oxygen atoms in total. The van der Waals surface area contributed by atoms with Gasteiger partial charge in [0, 0.05) is 0 Å². The summed E-state index contributed by atoms with van der Waals surface area (Å²) >= 11 is -4.93. The van der Waals surface area contributed by atoms with Gasteiger partial charge in [-0.05, 0) is 0 Å². The Balaban J connectivity index is 2.54. The SMILES string of the molecule is O=[N+]([O-])c1ccc([As](=O)(O)c2ccccc2[N+](=O)[O-])cc1. The first-order valence-corrected chi connectivity index (χ1v) is 9.14. The first kappa shape index (κ1) is 15.0. The standard InChI is InChI=1S/C12H9AsN2O6/c16-13(17,9-5-7-10(8-6-9)14(18)19)11-3-1-2-4-12(11)15(20)21/h1-8H,(H,16,17). The molecule has 0 radical (unpaired) electrons. The molecule has 0 aliphatic heterocycles. The number of rotatable bonds is 4. The van der Waals surface area contributed by atoms with Crippen LogP contribution in [0, 0.1) is 20.2 Å². The van der Waals surface area contributed by atoms with Crippen LogP contribution in [0.4, 0.5) is 11.4 Å². The van der Waals surface area contributed by atoms with Crippen molar-refractivity contribution in [3.8, 4) is 0 Å². The molecule has 0 amide bonds. The normalized spacial score (nSPS) is 13.4. The number of hydrogen-bond donors (Lipinski definition) is 1. The van der Waals surface area contributed by atoms with Crippen molar-refractivity contribution in [1.82, 2.24) is 0 Å². The van der Waals surface area contributed by atoms with Crippen molar-refractivity contribution in [2.75, 3.05) is 0 Å². The van der Waals surface area contributed by atoms with Gasteiger partial charge in [-0.25, -0.2) is 0 Å². The van der Waals surface area contributed by atoms with Crippen LogP contribution in [0.25, 0.3) is 0 Å². The summed E-state index contributed by atoms with van der Waals surface area (Å²) in [5, 5.41) is 21.5. The van der Waals surface area contributed by atoms with Gasteiger partial charge < -0.3 is 0 Å². The Labute approximate surface area is 121 Å². The van der Waals surface area contributed by atoms with Gasteiger partial charge in [0.2, 0.25) is 0 Å². The van der Waals surface area contributed by atoms with Gasteiger partial charge in [-0.15, -0.1) is 0 Å². The second-order valence-corrected chi connectivity index (χ2v) is 8.61. The van der Waals surface area contributed by atoms with Crippen molar-refractivity contribution in [2.24, 2.45) is 0 Å². The van der Waals surface area contributed by atoms with Crippen LogP contribution in [0.15, 0.2) is 48.5 Å². The molecule has 108 valence electrons. The third kappa shape index (κ3) is 2.86. The predicted octanol–water partition coefficient (Wildman–Crippen LogP) is 0.482. The van der Waals surface area contributed by atoms with E-state index in [1.165, 1.54) is 18.2 Å². The molecule has 21 heavy (non-hydrogen) atoms. The average molecular weight is 352 g/mol. The maximum atomic E-state index is 12.6. The van der Waals surface area contributed by atoms with Crippen molar-refractivity contribution in [1.29, 1.82) is 0 Å². The Morgan fingerprint density at radius 3 is 2.00 bits per heavy atom. The van der Waals surface area contributed by atoms with E-state index in [1.54, 1.807) is 0 Å². The molecule has 0 aliphatic rings. The molecular weight excluding hydrogens is 343 g/mol. The van der Waals surface area contributed by atoms with Crippen LogP contribution in [0.3, 0.4) is 0 Å². The van der Waals surface area contributed by atoms with Gasteiger partial charge in [0.1, 0.15) is 0 Å². The second-order valence-electron chi connectivity index (χ2n) is 4.10. The second kappa shape index (κ2) is 5.51. The minimum absolute atomic E-state index is 0.0481. The number of hydrogen-bond acceptors (Lipinski definition) is 5. The van der Waals surface area contributed by atoms with Gasteiger partial charge in [0.15, 0.2) is 0 Å². The van der Waals surface area contributed by atoms with Crippen LogP contribution < -0.4 is 8.70 Å². The Morgan fingerprint density at radius 2 is 1.48 bits per heavy atom. The van der Waals surface area contributed by atoms with Gasteiger partial charge in [-0.3, -0.25) is 0 Å². The van der Waals surface area contributed by atoms with E-state index in [-0.39, 0.29) is 14.4 Å². The molecule has 0 aliphatic carbocycles. The van der Waals surface area contributed by atoms with E-state index >= 15 is 0 Å². The van der Waals surface area contributed by atoms with E-state index in [0.29, 0.717) is 0 Å². The van der Waals surface area contributed by atoms with E-state index in [1.807, 2.05) is 0 Å². The molecule has 0 fully saturated rings. The Hall–Kier alpha value is -2.44. The summed E-state index contributed by atoms with van der Waals surface area (Å²) in [7, 11) is 0. The van der Waals surface area contributed by atoms with Crippen LogP contribution in [-0.2, 0) is 3.74 Å². The van der Waals surface area contributed by atoms with E-state index in [9.17, 15) is 28.1 Å². The summed E-state index contributed by atoms with van der Waals surface area (Å²) in [5.41, 5.74) is -0.669. The van der Waals surface area contributed by atoms with E-state index in [4.69, 9.17) is 0 Å². The first-order chi connectivity index (χ1) is 9.84. The monoisotopic (exact) mass is 352 g/mol. The number of nitro groups is 2. The van der Waals surface area contributed by atoms with Crippen LogP contribution >= 0.6 is 0 Å². The topological polar surface area (TPSA) is 124 Å². The summed E-state index contributed by atoms with van der Waals surface area (Å²) < 4.78 is 22.5. The molecule has 0 aromatic heterocycles. The fourth-order valence-electron chi connectivity index (χ4n) is 1.79. The molecule has 2 aromatic carbocycles. The van der Waals surface area contributed by atoms with Gasteiger partial charge in [0.25, 0.3) is 0 Å². The van der Waals surface area contributed by atoms with Crippen LogP contribution in [0.1, 0.15) is 0 Å². The summed E-state index contributed by atoms with van der Waals surface area (Å²) in [5.74, 6) is 0. The van der Waals surface area contributed by atoms with Crippen LogP contribution in [0.5, 0.6) is 0 Å². The van der Waals surface area contributed by atoms with Crippen molar-refractivity contribution in [2.45, 2.75) is 0 Å². The summed E-state index contributed by atoms with van der Waals surface area (Å²) in [6.45, 7) is 0. The van der Waals surface area contributed by atoms with Crippen molar-refractivity contribution in [3.63, 3.8) is 0 Å². The molecule has 0 saturated carbocycles. The molecule has 1 unspecified atom stereocenters. The Morgan fingerprint density at radius 1 is 0.905 bits per heavy atom. The van der Waals surface area contributed by atoms with Gasteiger partial charge in [0.05, 0.1) is 0 Å². The summed E-state index contributed by atoms with van der Waals surface area (Å²) in [6.07, 6.45) is 0. The first-order valence-electron chi connectivity index (χ1n) is 5.66. The fourth-order valence-corrected chi connectivity index (χ4v) is 5.12. The van der Waals surface area contributed by atoms with Crippen molar-refractivity contribution >= 4 is 33.9 Å². The third-order valence-corrected chi connectivity index (χ3v) is 7.07. The Kier molecular flexibility index (Phi) is 3.92. The van der Waals surface area contributed by atoms with E-state index in [0.717, 1.165) is 30.3 Å². The van der Waals surface area contributed by atoms with Crippen LogP contribution in [0.2, 0.25) is 0 Å². The van der Waals surface area contributed by atoms with E-state index in [2.05, 4.69) is 0 Å². The fraction of sp³-hybridized carbons (Fsp3) is 0. The summed E-state index contributed by atoms with van der Waals surface area (Å²) in [4.78, 5) is 20.1. The number of non-ortho nitro benzene ring substituents is 1. The number of nitro benzene ring substituents is 2. The van der Waals surface area contributed by atoms with Crippen molar-refractivity contribution < 1.29 is 17.7 Å². The molecular formula is C12H9AsN2O6. The molecule has 2 rings (SSSR count). The number of benzene rings is 2. The molecule has 0 saturated heterocycles. The molecule has 0 heterocycles. The molecule has 2 aromatic rings. The quantitative estimate of drug-likeness (QED) is 0.485. The molecule has 1 atom stereocenters. The summed E-state index contributed by atoms with van der Waals surface area (Å²) in [6, 6.07) is 9.67. The van der Waals surface area contributed by atoms with Crippen molar-refractivity contribution in [3.05, 3.63) is 68.8 Å². The van der Waals surface area contributed by atoms with Gasteiger partial charge in [-0.1, -0.05) is 0 Å². The maximum absolute atomic E-state index is 12.6. The van der Waals surface area contributed by atoms with Gasteiger partial charge in [-0.2, -0.15) is 0 Å². The van der Waals surface area contributed by atoms with E-state index < -0.39 is 29.4 Å². The zero-order chi connectivity index (χ0) is 15.6. The van der Waals surface area contributed by atoms with Gasteiger partial charge >= 0.3 is 120 Å². The molecule has 1 N–H and O–H groups in total. The minimum atomic E-state index is -4.93. The third-order valence-electron chi connectivity index (χ3n) is 2.82. The Bertz CT molecular complexity index is 759. The number of nitrogens with zero attached hydrogens (tertiary/aromatic N) is 2. The molecule has 9 heteroatoms. The molecule has 0 bridgehead atoms. The zero-order valence-electron chi connectivity index (χ0n) is 10.4. The molecule has 0 spiro atoms. The predicted molar refractivity (Wildman–Crippen MR) is 74.1 cm³/mol. The van der Waals surface area contributed by atoms with Crippen LogP contribution in [-0.4, -0.2) is 27.8 Å².